The topological polar surface area (TPSA) is 59.1 Å². The van der Waals surface area contributed by atoms with E-state index in [2.05, 4.69) is 15.9 Å². The van der Waals surface area contributed by atoms with E-state index in [4.69, 9.17) is 15.9 Å². The average molecular weight is 243 g/mol. The van der Waals surface area contributed by atoms with Crippen LogP contribution in [0.5, 0.6) is 5.75 Å². The number of halogens is 1. The zero-order valence-electron chi connectivity index (χ0n) is 7.30. The Morgan fingerprint density at radius 1 is 1.62 bits per heavy atom. The minimum Gasteiger partial charge on any atom is -0.494 e. The van der Waals surface area contributed by atoms with Crippen LogP contribution in [0.2, 0.25) is 0 Å². The summed E-state index contributed by atoms with van der Waals surface area (Å²) in [6, 6.07) is 5.36. The molecule has 0 bridgehead atoms. The van der Waals surface area contributed by atoms with Crippen LogP contribution in [0.15, 0.2) is 22.7 Å². The summed E-state index contributed by atoms with van der Waals surface area (Å²) in [7, 11) is 0. The molecule has 0 saturated carbocycles. The molecule has 0 unspecified atom stereocenters. The minimum atomic E-state index is 0.0509. The molecule has 0 heterocycles. The average Bonchev–Trinajstić information content (AvgIpc) is 2.04. The van der Waals surface area contributed by atoms with Gasteiger partial charge in [0.25, 0.3) is 0 Å². The van der Waals surface area contributed by atoms with Crippen molar-refractivity contribution in [3.05, 3.63) is 28.2 Å². The lowest BCUT2D eigenvalue weighted by molar-refractivity contribution is 0.340. The Balaban J connectivity index is 2.98. The Bertz CT molecular complexity index is 325. The fourth-order valence-corrected chi connectivity index (χ4v) is 1.54. The van der Waals surface area contributed by atoms with Crippen LogP contribution in [-0.4, -0.2) is 12.4 Å². The maximum absolute atomic E-state index is 7.26. The second kappa shape index (κ2) is 4.28. The van der Waals surface area contributed by atoms with E-state index in [1.807, 2.05) is 6.92 Å². The smallest absolute Gasteiger partial charge is 0.123 e. The lowest BCUT2D eigenvalue weighted by Gasteiger charge is -2.06. The lowest BCUT2D eigenvalue weighted by atomic mass is 10.2. The standard InChI is InChI=1S/C9H11BrN2O/c1-2-13-6-3-4-7(9(11)12)8(10)5-6/h3-5H,2H2,1H3,(H3,11,12). The zero-order valence-corrected chi connectivity index (χ0v) is 8.89. The van der Waals surface area contributed by atoms with Gasteiger partial charge in [0.1, 0.15) is 11.6 Å². The highest BCUT2D eigenvalue weighted by Gasteiger charge is 2.03. The highest BCUT2D eigenvalue weighted by molar-refractivity contribution is 9.10. The van der Waals surface area contributed by atoms with E-state index in [1.54, 1.807) is 18.2 Å². The van der Waals surface area contributed by atoms with Crippen LogP contribution in [0.3, 0.4) is 0 Å². The maximum atomic E-state index is 7.26. The summed E-state index contributed by atoms with van der Waals surface area (Å²) < 4.78 is 6.06. The molecule has 0 fully saturated rings. The number of rotatable bonds is 3. The third-order valence-corrected chi connectivity index (χ3v) is 2.20. The fourth-order valence-electron chi connectivity index (χ4n) is 0.971. The van der Waals surface area contributed by atoms with Crippen molar-refractivity contribution < 1.29 is 4.74 Å². The predicted octanol–water partition coefficient (Wildman–Crippen LogP) is 2.13. The second-order valence-electron chi connectivity index (χ2n) is 2.49. The quantitative estimate of drug-likeness (QED) is 0.631. The predicted molar refractivity (Wildman–Crippen MR) is 56.3 cm³/mol. The normalized spacial score (nSPS) is 9.69. The summed E-state index contributed by atoms with van der Waals surface area (Å²) in [5.41, 5.74) is 6.03. The van der Waals surface area contributed by atoms with Crippen molar-refractivity contribution in [2.24, 2.45) is 5.73 Å². The molecule has 4 heteroatoms. The molecular weight excluding hydrogens is 232 g/mol. The Kier molecular flexibility index (Phi) is 3.31. The van der Waals surface area contributed by atoms with Gasteiger partial charge in [-0.3, -0.25) is 5.41 Å². The van der Waals surface area contributed by atoms with Crippen molar-refractivity contribution in [3.63, 3.8) is 0 Å². The Morgan fingerprint density at radius 2 is 2.31 bits per heavy atom. The molecule has 0 aliphatic carbocycles. The third-order valence-electron chi connectivity index (χ3n) is 1.54. The van der Waals surface area contributed by atoms with Crippen LogP contribution in [0.4, 0.5) is 0 Å². The first-order valence-electron chi connectivity index (χ1n) is 3.92. The molecule has 1 aromatic carbocycles. The maximum Gasteiger partial charge on any atom is 0.123 e. The van der Waals surface area contributed by atoms with Gasteiger partial charge in [-0.1, -0.05) is 0 Å². The molecule has 70 valence electrons. The molecule has 0 spiro atoms. The summed E-state index contributed by atoms with van der Waals surface area (Å²) in [6.07, 6.45) is 0. The van der Waals surface area contributed by atoms with Crippen molar-refractivity contribution >= 4 is 21.8 Å². The van der Waals surface area contributed by atoms with E-state index in [0.29, 0.717) is 12.2 Å². The van der Waals surface area contributed by atoms with Gasteiger partial charge in [0.15, 0.2) is 0 Å². The Hall–Kier alpha value is -1.03. The first kappa shape index (κ1) is 10.1. The third kappa shape index (κ3) is 2.45. The summed E-state index contributed by atoms with van der Waals surface area (Å²) in [6.45, 7) is 2.55. The second-order valence-corrected chi connectivity index (χ2v) is 3.34. The monoisotopic (exact) mass is 242 g/mol. The van der Waals surface area contributed by atoms with Gasteiger partial charge >= 0.3 is 0 Å². The molecule has 0 amide bonds. The molecule has 0 aliphatic rings. The molecule has 1 rings (SSSR count). The molecular formula is C9H11BrN2O. The lowest BCUT2D eigenvalue weighted by Crippen LogP contribution is -2.11. The number of hydrogen-bond acceptors (Lipinski definition) is 2. The number of nitrogens with one attached hydrogen (secondary N) is 1. The summed E-state index contributed by atoms with van der Waals surface area (Å²) in [5, 5.41) is 7.26. The molecule has 3 nitrogen and oxygen atoms in total. The van der Waals surface area contributed by atoms with Gasteiger partial charge in [-0.2, -0.15) is 0 Å². The van der Waals surface area contributed by atoms with Crippen LogP contribution >= 0.6 is 15.9 Å². The van der Waals surface area contributed by atoms with Gasteiger partial charge in [0, 0.05) is 10.0 Å². The van der Waals surface area contributed by atoms with E-state index in [-0.39, 0.29) is 5.84 Å². The molecule has 3 N–H and O–H groups in total. The van der Waals surface area contributed by atoms with E-state index < -0.39 is 0 Å². The Labute approximate surface area is 85.5 Å². The highest BCUT2D eigenvalue weighted by atomic mass is 79.9. The molecule has 0 atom stereocenters. The first-order chi connectivity index (χ1) is 6.15. The number of nitrogens with two attached hydrogens (primary N) is 1. The van der Waals surface area contributed by atoms with Crippen molar-refractivity contribution in [2.45, 2.75) is 6.92 Å². The fraction of sp³-hybridized carbons (Fsp3) is 0.222. The SMILES string of the molecule is CCOc1ccc(C(=N)N)c(Br)c1. The number of amidine groups is 1. The van der Waals surface area contributed by atoms with Gasteiger partial charge in [-0.15, -0.1) is 0 Å². The largest absolute Gasteiger partial charge is 0.494 e. The molecule has 1 aromatic rings. The van der Waals surface area contributed by atoms with Gasteiger partial charge in [0.2, 0.25) is 0 Å². The summed E-state index contributed by atoms with van der Waals surface area (Å²) in [5.74, 6) is 0.828. The van der Waals surface area contributed by atoms with E-state index in [0.717, 1.165) is 10.2 Å². The number of hydrogen-bond donors (Lipinski definition) is 2. The molecule has 13 heavy (non-hydrogen) atoms. The van der Waals surface area contributed by atoms with E-state index in [1.165, 1.54) is 0 Å². The number of nitrogen functional groups attached to an aromatic ring is 1. The minimum absolute atomic E-state index is 0.0509. The van der Waals surface area contributed by atoms with Crippen molar-refractivity contribution in [3.8, 4) is 5.75 Å². The highest BCUT2D eigenvalue weighted by Crippen LogP contribution is 2.22. The van der Waals surface area contributed by atoms with Crippen molar-refractivity contribution in [2.75, 3.05) is 6.61 Å². The van der Waals surface area contributed by atoms with Crippen LogP contribution in [-0.2, 0) is 0 Å². The van der Waals surface area contributed by atoms with E-state index >= 15 is 0 Å². The van der Waals surface area contributed by atoms with Crippen LogP contribution in [0, 0.1) is 5.41 Å². The molecule has 0 radical (unpaired) electrons. The van der Waals surface area contributed by atoms with E-state index in [9.17, 15) is 0 Å². The zero-order chi connectivity index (χ0) is 9.84. The van der Waals surface area contributed by atoms with Crippen LogP contribution in [0.1, 0.15) is 12.5 Å². The van der Waals surface area contributed by atoms with Crippen molar-refractivity contribution in [1.82, 2.24) is 0 Å². The molecule has 0 saturated heterocycles. The molecule has 0 aliphatic heterocycles. The summed E-state index contributed by atoms with van der Waals surface area (Å²) >= 11 is 3.32. The van der Waals surface area contributed by atoms with Gasteiger partial charge in [0.05, 0.1) is 6.61 Å². The summed E-state index contributed by atoms with van der Waals surface area (Å²) in [4.78, 5) is 0. The van der Waals surface area contributed by atoms with Gasteiger partial charge < -0.3 is 10.5 Å². The number of ether oxygens (including phenoxy) is 1. The van der Waals surface area contributed by atoms with Crippen LogP contribution in [0.25, 0.3) is 0 Å². The molecule has 0 aromatic heterocycles. The Morgan fingerprint density at radius 3 is 2.77 bits per heavy atom. The number of benzene rings is 1. The van der Waals surface area contributed by atoms with Gasteiger partial charge in [-0.25, -0.2) is 0 Å². The van der Waals surface area contributed by atoms with Gasteiger partial charge in [-0.05, 0) is 41.1 Å². The van der Waals surface area contributed by atoms with Crippen LogP contribution < -0.4 is 10.5 Å². The van der Waals surface area contributed by atoms with Crippen molar-refractivity contribution in [1.29, 1.82) is 5.41 Å². The first-order valence-corrected chi connectivity index (χ1v) is 4.71.